The molecule has 1 fully saturated rings. The number of nitrogens with one attached hydrogen (secondary N) is 1. The third kappa shape index (κ3) is 3.67. The first kappa shape index (κ1) is 20.4. The van der Waals surface area contributed by atoms with E-state index in [0.717, 1.165) is 17.0 Å². The molecule has 0 aromatic heterocycles. The summed E-state index contributed by atoms with van der Waals surface area (Å²) in [5.41, 5.74) is -1.18. The molecular weight excluding hydrogens is 387 g/mol. The zero-order chi connectivity index (χ0) is 21.3. The van der Waals surface area contributed by atoms with Crippen molar-refractivity contribution >= 4 is 23.5 Å². The van der Waals surface area contributed by atoms with Gasteiger partial charge in [0.05, 0.1) is 0 Å². The summed E-state index contributed by atoms with van der Waals surface area (Å²) in [5.74, 6) is -4.03. The third-order valence-corrected chi connectivity index (χ3v) is 4.82. The molecule has 0 bridgehead atoms. The van der Waals surface area contributed by atoms with Gasteiger partial charge in [-0.25, -0.2) is 18.0 Å². The van der Waals surface area contributed by atoms with Gasteiger partial charge in [-0.05, 0) is 55.8 Å². The Morgan fingerprint density at radius 1 is 1.07 bits per heavy atom. The van der Waals surface area contributed by atoms with E-state index in [1.807, 2.05) is 0 Å². The van der Waals surface area contributed by atoms with E-state index in [1.54, 1.807) is 6.92 Å². The Labute approximate surface area is 164 Å². The van der Waals surface area contributed by atoms with Gasteiger partial charge < -0.3 is 10.2 Å². The zero-order valence-corrected chi connectivity index (χ0v) is 15.7. The van der Waals surface area contributed by atoms with Gasteiger partial charge in [0, 0.05) is 12.2 Å². The Morgan fingerprint density at radius 2 is 1.72 bits per heavy atom. The predicted octanol–water partition coefficient (Wildman–Crippen LogP) is 2.92. The van der Waals surface area contributed by atoms with E-state index < -0.39 is 47.4 Å². The molecule has 0 radical (unpaired) electrons. The van der Waals surface area contributed by atoms with Gasteiger partial charge in [-0.15, -0.1) is 0 Å². The van der Waals surface area contributed by atoms with Crippen molar-refractivity contribution in [3.63, 3.8) is 0 Å². The second-order valence-electron chi connectivity index (χ2n) is 6.69. The Kier molecular flexibility index (Phi) is 5.32. The summed E-state index contributed by atoms with van der Waals surface area (Å²) in [4.78, 5) is 39.9. The molecule has 0 aliphatic carbocycles. The Hall–Kier alpha value is -3.36. The minimum Gasteiger partial charge on any atom is -0.319 e. The van der Waals surface area contributed by atoms with Gasteiger partial charge in [0.25, 0.3) is 5.91 Å². The van der Waals surface area contributed by atoms with Crippen LogP contribution in [-0.2, 0) is 15.1 Å². The van der Waals surface area contributed by atoms with Gasteiger partial charge in [0.15, 0.2) is 11.6 Å². The van der Waals surface area contributed by atoms with Crippen molar-refractivity contribution in [3.8, 4) is 0 Å². The Morgan fingerprint density at radius 3 is 2.31 bits per heavy atom. The summed E-state index contributed by atoms with van der Waals surface area (Å²) in [6, 6.07) is 7.26. The summed E-state index contributed by atoms with van der Waals surface area (Å²) in [6.45, 7) is 2.71. The van der Waals surface area contributed by atoms with Crippen LogP contribution in [0, 0.1) is 17.5 Å². The Balaban J connectivity index is 1.83. The first-order chi connectivity index (χ1) is 13.7. The number of likely N-dealkylation sites (N-methyl/N-ethyl adjacent to an activating group) is 1. The molecule has 2 aromatic carbocycles. The van der Waals surface area contributed by atoms with Crippen LogP contribution in [0.15, 0.2) is 42.5 Å². The Bertz CT molecular complexity index is 981. The summed E-state index contributed by atoms with van der Waals surface area (Å²) < 4.78 is 39.9. The van der Waals surface area contributed by atoms with E-state index in [1.165, 1.54) is 42.2 Å². The first-order valence-corrected chi connectivity index (χ1v) is 8.83. The van der Waals surface area contributed by atoms with Crippen LogP contribution in [-0.4, -0.2) is 35.8 Å². The molecule has 3 rings (SSSR count). The van der Waals surface area contributed by atoms with Crippen LogP contribution in [0.1, 0.15) is 19.4 Å². The standard InChI is InChI=1S/C20H18F3N3O3/c1-3-25(14-7-5-13(21)6-8-14)17(27)11-26-18(28)20(2,24-19(26)29)12-4-9-15(22)16(23)10-12/h4-10H,3,11H2,1-2H3,(H,24,29)/t20-/m1/s1. The number of hydrogen-bond donors (Lipinski definition) is 1. The van der Waals surface area contributed by atoms with E-state index in [0.29, 0.717) is 5.69 Å². The van der Waals surface area contributed by atoms with Crippen molar-refractivity contribution in [2.75, 3.05) is 18.0 Å². The summed E-state index contributed by atoms with van der Waals surface area (Å²) in [5, 5.41) is 2.43. The number of carbonyl (C=O) groups is 3. The fraction of sp³-hybridized carbons (Fsp3) is 0.250. The maximum Gasteiger partial charge on any atom is 0.325 e. The van der Waals surface area contributed by atoms with Crippen LogP contribution >= 0.6 is 0 Å². The van der Waals surface area contributed by atoms with Crippen LogP contribution in [0.4, 0.5) is 23.7 Å². The van der Waals surface area contributed by atoms with Gasteiger partial charge in [0.2, 0.25) is 5.91 Å². The van der Waals surface area contributed by atoms with Gasteiger partial charge in [-0.2, -0.15) is 0 Å². The summed E-state index contributed by atoms with van der Waals surface area (Å²) >= 11 is 0. The fourth-order valence-electron chi connectivity index (χ4n) is 3.19. The van der Waals surface area contributed by atoms with Crippen LogP contribution < -0.4 is 10.2 Å². The SMILES string of the molecule is CCN(C(=O)CN1C(=O)N[C@](C)(c2ccc(F)c(F)c2)C1=O)c1ccc(F)cc1. The van der Waals surface area contributed by atoms with Crippen molar-refractivity contribution in [2.24, 2.45) is 0 Å². The molecule has 9 heteroatoms. The quantitative estimate of drug-likeness (QED) is 0.778. The minimum absolute atomic E-state index is 0.0515. The number of anilines is 1. The topological polar surface area (TPSA) is 69.7 Å². The molecule has 152 valence electrons. The van der Waals surface area contributed by atoms with Crippen LogP contribution in [0.5, 0.6) is 0 Å². The number of rotatable bonds is 5. The number of imide groups is 1. The number of amides is 4. The molecular formula is C20H18F3N3O3. The van der Waals surface area contributed by atoms with Gasteiger partial charge in [-0.3, -0.25) is 14.5 Å². The summed E-state index contributed by atoms with van der Waals surface area (Å²) in [7, 11) is 0. The lowest BCUT2D eigenvalue weighted by Gasteiger charge is -2.24. The van der Waals surface area contributed by atoms with Crippen LogP contribution in [0.3, 0.4) is 0 Å². The van der Waals surface area contributed by atoms with Crippen molar-refractivity contribution in [3.05, 3.63) is 65.5 Å². The number of hydrogen-bond acceptors (Lipinski definition) is 3. The van der Waals surface area contributed by atoms with Crippen LogP contribution in [0.25, 0.3) is 0 Å². The molecule has 0 unspecified atom stereocenters. The molecule has 1 saturated heterocycles. The lowest BCUT2D eigenvalue weighted by Crippen LogP contribution is -2.44. The number of halogens is 3. The molecule has 1 atom stereocenters. The number of nitrogens with zero attached hydrogens (tertiary/aromatic N) is 2. The van der Waals surface area contributed by atoms with Gasteiger partial charge in [0.1, 0.15) is 17.9 Å². The van der Waals surface area contributed by atoms with E-state index in [4.69, 9.17) is 0 Å². The van der Waals surface area contributed by atoms with Crippen molar-refractivity contribution in [1.82, 2.24) is 10.2 Å². The average molecular weight is 405 g/mol. The van der Waals surface area contributed by atoms with Gasteiger partial charge in [-0.1, -0.05) is 6.07 Å². The molecule has 1 heterocycles. The van der Waals surface area contributed by atoms with Crippen molar-refractivity contribution in [1.29, 1.82) is 0 Å². The number of benzene rings is 2. The lowest BCUT2D eigenvalue weighted by molar-refractivity contribution is -0.134. The smallest absolute Gasteiger partial charge is 0.319 e. The van der Waals surface area contributed by atoms with E-state index in [9.17, 15) is 27.6 Å². The highest BCUT2D eigenvalue weighted by Gasteiger charge is 2.50. The molecule has 1 aliphatic heterocycles. The fourth-order valence-corrected chi connectivity index (χ4v) is 3.19. The number of urea groups is 1. The maximum atomic E-state index is 13.6. The number of carbonyl (C=O) groups excluding carboxylic acids is 3. The molecule has 1 N–H and O–H groups in total. The zero-order valence-electron chi connectivity index (χ0n) is 15.7. The normalized spacial score (nSPS) is 18.7. The van der Waals surface area contributed by atoms with Gasteiger partial charge >= 0.3 is 6.03 Å². The molecule has 0 spiro atoms. The lowest BCUT2D eigenvalue weighted by atomic mass is 9.92. The predicted molar refractivity (Wildman–Crippen MR) is 98.4 cm³/mol. The maximum absolute atomic E-state index is 13.6. The highest BCUT2D eigenvalue weighted by molar-refractivity contribution is 6.10. The molecule has 0 saturated carbocycles. The molecule has 29 heavy (non-hydrogen) atoms. The van der Waals surface area contributed by atoms with E-state index in [2.05, 4.69) is 5.32 Å². The second kappa shape index (κ2) is 7.57. The first-order valence-electron chi connectivity index (χ1n) is 8.83. The van der Waals surface area contributed by atoms with Crippen molar-refractivity contribution < 1.29 is 27.6 Å². The third-order valence-electron chi connectivity index (χ3n) is 4.82. The summed E-state index contributed by atoms with van der Waals surface area (Å²) in [6.07, 6.45) is 0. The minimum atomic E-state index is -1.64. The monoisotopic (exact) mass is 405 g/mol. The molecule has 4 amide bonds. The second-order valence-corrected chi connectivity index (χ2v) is 6.69. The highest BCUT2D eigenvalue weighted by atomic mass is 19.2. The largest absolute Gasteiger partial charge is 0.325 e. The van der Waals surface area contributed by atoms with E-state index >= 15 is 0 Å². The molecule has 1 aliphatic rings. The average Bonchev–Trinajstić information content (AvgIpc) is 2.90. The van der Waals surface area contributed by atoms with Crippen molar-refractivity contribution in [2.45, 2.75) is 19.4 Å². The van der Waals surface area contributed by atoms with E-state index in [-0.39, 0.29) is 12.1 Å². The molecule has 2 aromatic rings. The highest BCUT2D eigenvalue weighted by Crippen LogP contribution is 2.30. The molecule has 6 nitrogen and oxygen atoms in total. The van der Waals surface area contributed by atoms with Crippen LogP contribution in [0.2, 0.25) is 0 Å².